The van der Waals surface area contributed by atoms with E-state index in [9.17, 15) is 15.2 Å². The van der Waals surface area contributed by atoms with Crippen LogP contribution in [0.4, 0.5) is 0 Å². The Labute approximate surface area is 98.5 Å². The minimum atomic E-state index is -1.08. The molecule has 1 aromatic carbocycles. The molecule has 0 saturated carbocycles. The summed E-state index contributed by atoms with van der Waals surface area (Å²) in [6.45, 7) is 1.66. The average molecular weight is 235 g/mol. The van der Waals surface area contributed by atoms with E-state index in [2.05, 4.69) is 0 Å². The fraction of sp³-hybridized carbons (Fsp3) is 0.333. The molecule has 1 N–H and O–H groups in total. The molecule has 1 atom stereocenters. The molecule has 0 spiro atoms. The highest BCUT2D eigenvalue weighted by Crippen LogP contribution is 2.28. The summed E-state index contributed by atoms with van der Waals surface area (Å²) in [5.41, 5.74) is 2.47. The molecular formula is C12H13NO4. The molecule has 0 aliphatic carbocycles. The summed E-state index contributed by atoms with van der Waals surface area (Å²) >= 11 is 0. The summed E-state index contributed by atoms with van der Waals surface area (Å²) in [4.78, 5) is 9.80. The van der Waals surface area contributed by atoms with Crippen LogP contribution in [0.5, 0.6) is 5.75 Å². The number of aliphatic hydroxyl groups is 1. The van der Waals surface area contributed by atoms with E-state index in [0.29, 0.717) is 5.57 Å². The number of benzene rings is 1. The molecule has 0 unspecified atom stereocenters. The largest absolute Gasteiger partial charge is 0.489 e. The number of aliphatic hydroxyl groups excluding tert-OH is 1. The van der Waals surface area contributed by atoms with Gasteiger partial charge in [0.15, 0.2) is 0 Å². The number of ether oxygens (including phenoxy) is 1. The zero-order chi connectivity index (χ0) is 12.4. The first-order chi connectivity index (χ1) is 8.06. The summed E-state index contributed by atoms with van der Waals surface area (Å²) in [6.07, 6.45) is 0.679. The highest BCUT2D eigenvalue weighted by Gasteiger charge is 2.21. The van der Waals surface area contributed by atoms with Gasteiger partial charge >= 0.3 is 0 Å². The number of nitrogens with zero attached hydrogens (tertiary/aromatic N) is 1. The number of rotatable bonds is 3. The molecule has 2 rings (SSSR count). The number of aryl methyl sites for hydroxylation is 1. The molecule has 5 heteroatoms. The number of nitro groups is 1. The van der Waals surface area contributed by atoms with E-state index in [1.807, 2.05) is 25.1 Å². The van der Waals surface area contributed by atoms with E-state index in [4.69, 9.17) is 4.74 Å². The predicted octanol–water partition coefficient (Wildman–Crippen LogP) is 1.41. The normalized spacial score (nSPS) is 15.5. The van der Waals surface area contributed by atoms with Crippen LogP contribution < -0.4 is 4.74 Å². The van der Waals surface area contributed by atoms with Crippen LogP contribution in [0.1, 0.15) is 11.1 Å². The van der Waals surface area contributed by atoms with Crippen LogP contribution in [0.3, 0.4) is 0 Å². The molecule has 1 aliphatic heterocycles. The van der Waals surface area contributed by atoms with Gasteiger partial charge in [0.1, 0.15) is 18.5 Å². The summed E-state index contributed by atoms with van der Waals surface area (Å²) in [5, 5.41) is 20.0. The standard InChI is InChI=1S/C12H13NO4/c1-8-2-3-12-9(4-8)5-10(7-17-12)11(14)6-13(15)16/h2-5,11,14H,6-7H2,1H3/t11-/m1/s1. The third-order valence-electron chi connectivity index (χ3n) is 2.65. The van der Waals surface area contributed by atoms with Gasteiger partial charge in [-0.25, -0.2) is 0 Å². The molecule has 5 nitrogen and oxygen atoms in total. The van der Waals surface area contributed by atoms with E-state index in [1.165, 1.54) is 0 Å². The van der Waals surface area contributed by atoms with Gasteiger partial charge in [-0.2, -0.15) is 0 Å². The molecule has 90 valence electrons. The minimum Gasteiger partial charge on any atom is -0.489 e. The molecule has 17 heavy (non-hydrogen) atoms. The maximum Gasteiger partial charge on any atom is 0.233 e. The van der Waals surface area contributed by atoms with Crippen molar-refractivity contribution in [3.05, 3.63) is 45.0 Å². The van der Waals surface area contributed by atoms with Crippen LogP contribution in [-0.4, -0.2) is 29.3 Å². The summed E-state index contributed by atoms with van der Waals surface area (Å²) in [5.74, 6) is 0.743. The first-order valence-corrected chi connectivity index (χ1v) is 5.30. The minimum absolute atomic E-state index is 0.199. The second-order valence-corrected chi connectivity index (χ2v) is 4.08. The van der Waals surface area contributed by atoms with Crippen molar-refractivity contribution >= 4 is 6.08 Å². The molecule has 0 saturated heterocycles. The Morgan fingerprint density at radius 3 is 3.06 bits per heavy atom. The zero-order valence-electron chi connectivity index (χ0n) is 9.42. The Hall–Kier alpha value is -1.88. The second kappa shape index (κ2) is 4.55. The Morgan fingerprint density at radius 1 is 1.59 bits per heavy atom. The van der Waals surface area contributed by atoms with Gasteiger partial charge in [0.2, 0.25) is 6.54 Å². The van der Waals surface area contributed by atoms with Crippen molar-refractivity contribution in [3.63, 3.8) is 0 Å². The first kappa shape index (κ1) is 11.6. The maximum atomic E-state index is 10.3. The molecule has 0 aromatic heterocycles. The highest BCUT2D eigenvalue weighted by atomic mass is 16.6. The molecule has 1 aromatic rings. The zero-order valence-corrected chi connectivity index (χ0v) is 9.42. The van der Waals surface area contributed by atoms with Crippen LogP contribution in [-0.2, 0) is 0 Å². The fourth-order valence-electron chi connectivity index (χ4n) is 1.77. The number of hydrogen-bond acceptors (Lipinski definition) is 4. The summed E-state index contributed by atoms with van der Waals surface area (Å²) < 4.78 is 5.44. The lowest BCUT2D eigenvalue weighted by atomic mass is 10.0. The topological polar surface area (TPSA) is 72.6 Å². The monoisotopic (exact) mass is 235 g/mol. The van der Waals surface area contributed by atoms with Crippen molar-refractivity contribution in [1.29, 1.82) is 0 Å². The predicted molar refractivity (Wildman–Crippen MR) is 62.5 cm³/mol. The van der Waals surface area contributed by atoms with Crippen molar-refractivity contribution in [1.82, 2.24) is 0 Å². The summed E-state index contributed by atoms with van der Waals surface area (Å²) in [7, 11) is 0. The quantitative estimate of drug-likeness (QED) is 0.635. The van der Waals surface area contributed by atoms with Gasteiger partial charge in [0, 0.05) is 16.1 Å². The van der Waals surface area contributed by atoms with E-state index in [1.54, 1.807) is 6.08 Å². The molecule has 0 amide bonds. The summed E-state index contributed by atoms with van der Waals surface area (Å²) in [6, 6.07) is 5.72. The Kier molecular flexibility index (Phi) is 3.10. The van der Waals surface area contributed by atoms with Crippen molar-refractivity contribution < 1.29 is 14.8 Å². The molecule has 1 heterocycles. The third kappa shape index (κ3) is 2.62. The Balaban J connectivity index is 2.25. The van der Waals surface area contributed by atoms with Crippen LogP contribution in [0.15, 0.2) is 23.8 Å². The Morgan fingerprint density at radius 2 is 2.35 bits per heavy atom. The van der Waals surface area contributed by atoms with Crippen molar-refractivity contribution in [2.45, 2.75) is 13.0 Å². The lowest BCUT2D eigenvalue weighted by molar-refractivity contribution is -0.488. The van der Waals surface area contributed by atoms with Crippen molar-refractivity contribution in [2.75, 3.05) is 13.2 Å². The maximum absolute atomic E-state index is 10.3. The van der Waals surface area contributed by atoms with Crippen molar-refractivity contribution in [2.24, 2.45) is 0 Å². The van der Waals surface area contributed by atoms with E-state index in [-0.39, 0.29) is 6.61 Å². The van der Waals surface area contributed by atoms with Crippen LogP contribution in [0.25, 0.3) is 6.08 Å². The SMILES string of the molecule is Cc1ccc2c(c1)C=C([C@H](O)C[N+](=O)[O-])CO2. The third-order valence-corrected chi connectivity index (χ3v) is 2.65. The van der Waals surface area contributed by atoms with E-state index in [0.717, 1.165) is 16.9 Å². The fourth-order valence-corrected chi connectivity index (χ4v) is 1.77. The lowest BCUT2D eigenvalue weighted by Gasteiger charge is -2.20. The first-order valence-electron chi connectivity index (χ1n) is 5.30. The Bertz CT molecular complexity index is 481. The van der Waals surface area contributed by atoms with Gasteiger partial charge in [-0.05, 0) is 25.1 Å². The van der Waals surface area contributed by atoms with E-state index < -0.39 is 17.6 Å². The highest BCUT2D eigenvalue weighted by molar-refractivity contribution is 5.63. The molecule has 1 aliphatic rings. The van der Waals surface area contributed by atoms with Crippen molar-refractivity contribution in [3.8, 4) is 5.75 Å². The van der Waals surface area contributed by atoms with E-state index >= 15 is 0 Å². The average Bonchev–Trinajstić information content (AvgIpc) is 2.27. The van der Waals surface area contributed by atoms with Gasteiger partial charge < -0.3 is 9.84 Å². The second-order valence-electron chi connectivity index (χ2n) is 4.08. The molecular weight excluding hydrogens is 222 g/mol. The van der Waals surface area contributed by atoms with Gasteiger partial charge in [-0.1, -0.05) is 11.6 Å². The van der Waals surface area contributed by atoms with Gasteiger partial charge in [0.25, 0.3) is 0 Å². The number of hydrogen-bond donors (Lipinski definition) is 1. The molecule has 0 fully saturated rings. The van der Waals surface area contributed by atoms with Crippen LogP contribution >= 0.6 is 0 Å². The van der Waals surface area contributed by atoms with Gasteiger partial charge in [0.05, 0.1) is 0 Å². The van der Waals surface area contributed by atoms with Crippen LogP contribution in [0, 0.1) is 17.0 Å². The lowest BCUT2D eigenvalue weighted by Crippen LogP contribution is -2.26. The number of fused-ring (bicyclic) bond motifs is 1. The molecule has 0 radical (unpaired) electrons. The molecule has 0 bridgehead atoms. The van der Waals surface area contributed by atoms with Gasteiger partial charge in [-0.3, -0.25) is 10.1 Å². The van der Waals surface area contributed by atoms with Crippen LogP contribution in [0.2, 0.25) is 0 Å². The van der Waals surface area contributed by atoms with Gasteiger partial charge in [-0.15, -0.1) is 0 Å². The smallest absolute Gasteiger partial charge is 0.233 e.